The number of benzene rings is 4. The molecule has 67 heavy (non-hydrogen) atoms. The van der Waals surface area contributed by atoms with Gasteiger partial charge in [0.15, 0.2) is 0 Å². The van der Waals surface area contributed by atoms with Crippen LogP contribution in [0.4, 0.5) is 0 Å². The average molecular weight is 1020 g/mol. The third-order valence-electron chi connectivity index (χ3n) is 13.8. The molecule has 4 aromatic carbocycles. The monoisotopic (exact) mass is 1020 g/mol. The fraction of sp³-hybridized carbons (Fsp3) is 0.298. The van der Waals surface area contributed by atoms with Crippen LogP contribution < -0.4 is 10.6 Å². The SMILES string of the molecule is Br.Br.CC1=N/C(=C\c2[nH]c(C)c(CCC(=O)N[C@@H](C)c3cccc4ccccc34)c2C)C(C)=C1CC1=C(C)/C(=C/c2[nH]c(C)c(CCC(=O)N[C@@H](C)c3cccc4ccccc34)c2C)N=C1C. The molecule has 348 valence electrons. The van der Waals surface area contributed by atoms with E-state index < -0.39 is 0 Å². The second-order valence-electron chi connectivity index (χ2n) is 18.1. The van der Waals surface area contributed by atoms with Gasteiger partial charge in [-0.2, -0.15) is 0 Å². The molecule has 8 rings (SSSR count). The van der Waals surface area contributed by atoms with Gasteiger partial charge in [-0.15, -0.1) is 34.0 Å². The number of H-pyrrole nitrogens is 2. The van der Waals surface area contributed by atoms with Gasteiger partial charge in [0, 0.05) is 53.5 Å². The Labute approximate surface area is 416 Å². The molecule has 0 aliphatic carbocycles. The van der Waals surface area contributed by atoms with Crippen LogP contribution in [0.5, 0.6) is 0 Å². The number of aromatic amines is 2. The van der Waals surface area contributed by atoms with Crippen molar-refractivity contribution in [3.05, 3.63) is 175 Å². The van der Waals surface area contributed by atoms with E-state index in [9.17, 15) is 9.59 Å². The van der Waals surface area contributed by atoms with Crippen LogP contribution in [-0.4, -0.2) is 33.2 Å². The first kappa shape index (κ1) is 50.6. The third kappa shape index (κ3) is 10.7. The standard InChI is InChI=1S/C57H62N6O2.2BrH/c1-32-44(25-27-56(64)62-38(7)46-23-15-19-42-17-11-13-21-48(42)46)36(5)58-52(32)30-54-34(3)50(40(9)60-54)29-51-35(4)55(61-41(51)10)31-53-33(2)45(37(6)59-53)26-28-57(65)63-39(8)47-24-16-20-43-18-12-14-22-49(43)47;;/h11-24,30-31,38-39,58-59H,25-29H2,1-10H3,(H,62,64)(H,63,65);2*1H/b54-30-,55-31-;;/t38-,39-;;/m0../s1. The smallest absolute Gasteiger partial charge is 0.220 e. The molecule has 10 heteroatoms. The van der Waals surface area contributed by atoms with E-state index >= 15 is 0 Å². The molecule has 6 aromatic rings. The summed E-state index contributed by atoms with van der Waals surface area (Å²) in [6.45, 7) is 21.1. The van der Waals surface area contributed by atoms with Crippen LogP contribution in [0, 0.1) is 27.7 Å². The van der Waals surface area contributed by atoms with Crippen LogP contribution in [-0.2, 0) is 22.4 Å². The summed E-state index contributed by atoms with van der Waals surface area (Å²) in [4.78, 5) is 43.8. The first-order chi connectivity index (χ1) is 31.2. The van der Waals surface area contributed by atoms with Crippen LogP contribution in [0.2, 0.25) is 0 Å². The van der Waals surface area contributed by atoms with Crippen molar-refractivity contribution in [2.24, 2.45) is 9.98 Å². The van der Waals surface area contributed by atoms with Crippen molar-refractivity contribution < 1.29 is 9.59 Å². The summed E-state index contributed by atoms with van der Waals surface area (Å²) in [7, 11) is 0. The lowest BCUT2D eigenvalue weighted by atomic mass is 9.93. The Hall–Kier alpha value is -5.84. The van der Waals surface area contributed by atoms with E-state index in [1.165, 1.54) is 55.0 Å². The quantitative estimate of drug-likeness (QED) is 0.0870. The first-order valence-corrected chi connectivity index (χ1v) is 23.0. The van der Waals surface area contributed by atoms with Gasteiger partial charge in [-0.3, -0.25) is 19.6 Å². The number of fused-ring (bicyclic) bond motifs is 2. The average Bonchev–Trinajstić information content (AvgIpc) is 3.92. The van der Waals surface area contributed by atoms with Gasteiger partial charge >= 0.3 is 0 Å². The van der Waals surface area contributed by atoms with E-state index in [0.717, 1.165) is 74.3 Å². The maximum atomic E-state index is 13.2. The highest BCUT2D eigenvalue weighted by molar-refractivity contribution is 8.93. The molecule has 2 aliphatic heterocycles. The Morgan fingerprint density at radius 1 is 0.552 bits per heavy atom. The predicted molar refractivity (Wildman–Crippen MR) is 291 cm³/mol. The van der Waals surface area contributed by atoms with Gasteiger partial charge in [-0.1, -0.05) is 84.9 Å². The Morgan fingerprint density at radius 2 is 0.925 bits per heavy atom. The Morgan fingerprint density at radius 3 is 1.33 bits per heavy atom. The van der Waals surface area contributed by atoms with Crippen molar-refractivity contribution in [1.29, 1.82) is 0 Å². The van der Waals surface area contributed by atoms with Crippen molar-refractivity contribution >= 4 is 90.9 Å². The van der Waals surface area contributed by atoms with E-state index in [4.69, 9.17) is 9.98 Å². The second kappa shape index (κ2) is 21.4. The number of amides is 2. The minimum atomic E-state index is -0.0912. The van der Waals surface area contributed by atoms with Crippen molar-refractivity contribution in [1.82, 2.24) is 20.6 Å². The number of allylic oxidation sites excluding steroid dienone is 4. The van der Waals surface area contributed by atoms with Gasteiger partial charge < -0.3 is 20.6 Å². The summed E-state index contributed by atoms with van der Waals surface area (Å²) < 4.78 is 0. The Bertz CT molecular complexity index is 2870. The number of aliphatic imine (C=N–C) groups is 2. The first-order valence-electron chi connectivity index (χ1n) is 23.0. The van der Waals surface area contributed by atoms with Crippen molar-refractivity contribution in [2.75, 3.05) is 0 Å². The highest BCUT2D eigenvalue weighted by Crippen LogP contribution is 2.37. The molecule has 2 amide bonds. The van der Waals surface area contributed by atoms with Crippen LogP contribution >= 0.6 is 34.0 Å². The summed E-state index contributed by atoms with van der Waals surface area (Å²) in [5.41, 5.74) is 19.9. The molecule has 0 fully saturated rings. The minimum absolute atomic E-state index is 0. The van der Waals surface area contributed by atoms with Gasteiger partial charge in [0.1, 0.15) is 0 Å². The van der Waals surface area contributed by atoms with E-state index in [1.807, 2.05) is 24.3 Å². The minimum Gasteiger partial charge on any atom is -0.359 e. The van der Waals surface area contributed by atoms with Crippen molar-refractivity contribution in [2.45, 2.75) is 113 Å². The van der Waals surface area contributed by atoms with Gasteiger partial charge in [0.25, 0.3) is 0 Å². The highest BCUT2D eigenvalue weighted by Gasteiger charge is 2.26. The summed E-state index contributed by atoms with van der Waals surface area (Å²) in [6, 6.07) is 29.0. The molecule has 0 bridgehead atoms. The van der Waals surface area contributed by atoms with Crippen molar-refractivity contribution in [3.8, 4) is 0 Å². The summed E-state index contributed by atoms with van der Waals surface area (Å²) in [5.74, 6) is 0.0853. The zero-order valence-electron chi connectivity index (χ0n) is 40.5. The molecule has 2 aliphatic rings. The van der Waals surface area contributed by atoms with Crippen LogP contribution in [0.15, 0.2) is 129 Å². The normalized spacial score (nSPS) is 15.8. The molecular formula is C57H64Br2N6O2. The lowest BCUT2D eigenvalue weighted by Crippen LogP contribution is -2.27. The number of aryl methyl sites for hydroxylation is 2. The third-order valence-corrected chi connectivity index (χ3v) is 13.8. The molecule has 0 saturated carbocycles. The van der Waals surface area contributed by atoms with Crippen LogP contribution in [0.25, 0.3) is 33.7 Å². The van der Waals surface area contributed by atoms with Gasteiger partial charge in [-0.05, 0) is 171 Å². The molecule has 4 heterocycles. The molecule has 0 unspecified atom stereocenters. The molecule has 0 saturated heterocycles. The zero-order valence-corrected chi connectivity index (χ0v) is 43.9. The number of hydrogen-bond donors (Lipinski definition) is 4. The van der Waals surface area contributed by atoms with Gasteiger partial charge in [0.05, 0.1) is 23.5 Å². The Balaban J connectivity index is 0.00000370. The molecule has 4 N–H and O–H groups in total. The topological polar surface area (TPSA) is 114 Å². The van der Waals surface area contributed by atoms with E-state index in [-0.39, 0.29) is 57.9 Å². The number of nitrogens with zero attached hydrogens (tertiary/aromatic N) is 2. The Kier molecular flexibility index (Phi) is 16.2. The number of hydrogen-bond acceptors (Lipinski definition) is 4. The number of halogens is 2. The molecule has 8 nitrogen and oxygen atoms in total. The van der Waals surface area contributed by atoms with Crippen LogP contribution in [0.1, 0.15) is 129 Å². The molecule has 2 atom stereocenters. The molecule has 2 aromatic heterocycles. The largest absolute Gasteiger partial charge is 0.359 e. The van der Waals surface area contributed by atoms with Crippen molar-refractivity contribution in [3.63, 3.8) is 0 Å². The fourth-order valence-corrected chi connectivity index (χ4v) is 9.95. The number of rotatable bonds is 14. The maximum absolute atomic E-state index is 13.2. The van der Waals surface area contributed by atoms with Gasteiger partial charge in [-0.25, -0.2) is 0 Å². The second-order valence-corrected chi connectivity index (χ2v) is 18.1. The lowest BCUT2D eigenvalue weighted by Gasteiger charge is -2.17. The zero-order chi connectivity index (χ0) is 46.1. The maximum Gasteiger partial charge on any atom is 0.220 e. The highest BCUT2D eigenvalue weighted by atomic mass is 79.9. The number of nitrogens with one attached hydrogen (secondary N) is 4. The fourth-order valence-electron chi connectivity index (χ4n) is 9.95. The number of carbonyl (C=O) groups excluding carboxylic acids is 2. The van der Waals surface area contributed by atoms with Gasteiger partial charge in [0.2, 0.25) is 11.8 Å². The molecular weight excluding hydrogens is 960 g/mol. The van der Waals surface area contributed by atoms with E-state index in [2.05, 4.69) is 163 Å². The number of aromatic nitrogens is 2. The predicted octanol–water partition coefficient (Wildman–Crippen LogP) is 14.0. The van der Waals surface area contributed by atoms with Crippen LogP contribution in [0.3, 0.4) is 0 Å². The molecule has 0 radical (unpaired) electrons. The number of carbonyl (C=O) groups is 2. The summed E-state index contributed by atoms with van der Waals surface area (Å²) in [6.07, 6.45) is 7.19. The lowest BCUT2D eigenvalue weighted by molar-refractivity contribution is -0.122. The summed E-state index contributed by atoms with van der Waals surface area (Å²) in [5, 5.41) is 11.2. The van der Waals surface area contributed by atoms with E-state index in [0.29, 0.717) is 25.7 Å². The van der Waals surface area contributed by atoms with E-state index in [1.54, 1.807) is 0 Å². The summed E-state index contributed by atoms with van der Waals surface area (Å²) >= 11 is 0. The molecule has 0 spiro atoms.